The number of H-pyrrole nitrogens is 1. The molecule has 4 nitrogen and oxygen atoms in total. The van der Waals surface area contributed by atoms with Crippen LogP contribution in [0.3, 0.4) is 0 Å². The highest BCUT2D eigenvalue weighted by molar-refractivity contribution is 5.78. The zero-order chi connectivity index (χ0) is 16.2. The first-order valence-electron chi connectivity index (χ1n) is 7.18. The molecule has 0 aliphatic rings. The molecule has 23 heavy (non-hydrogen) atoms. The number of benzene rings is 2. The van der Waals surface area contributed by atoms with E-state index in [0.29, 0.717) is 11.4 Å². The van der Waals surface area contributed by atoms with Gasteiger partial charge in [0.05, 0.1) is 7.11 Å². The van der Waals surface area contributed by atoms with Crippen molar-refractivity contribution in [2.24, 2.45) is 0 Å². The van der Waals surface area contributed by atoms with Crippen LogP contribution in [0.5, 0.6) is 5.75 Å². The Balaban J connectivity index is 2.22. The van der Waals surface area contributed by atoms with Crippen LogP contribution in [0.2, 0.25) is 0 Å². The van der Waals surface area contributed by atoms with Crippen LogP contribution in [0, 0.1) is 11.3 Å². The predicted molar refractivity (Wildman–Crippen MR) is 89.5 cm³/mol. The third kappa shape index (κ3) is 2.85. The molecule has 112 valence electrons. The summed E-state index contributed by atoms with van der Waals surface area (Å²) in [6.45, 7) is 0. The molecule has 0 amide bonds. The van der Waals surface area contributed by atoms with Crippen LogP contribution >= 0.6 is 0 Å². The first-order chi connectivity index (χ1) is 11.2. The van der Waals surface area contributed by atoms with E-state index in [2.05, 4.69) is 11.1 Å². The van der Waals surface area contributed by atoms with E-state index in [-0.39, 0.29) is 0 Å². The van der Waals surface area contributed by atoms with Crippen LogP contribution in [0.1, 0.15) is 5.56 Å². The third-order valence-corrected chi connectivity index (χ3v) is 3.67. The summed E-state index contributed by atoms with van der Waals surface area (Å²) in [7, 11) is 1.62. The van der Waals surface area contributed by atoms with Crippen LogP contribution < -0.4 is 15.5 Å². The lowest BCUT2D eigenvalue weighted by Gasteiger charge is -2.08. The summed E-state index contributed by atoms with van der Waals surface area (Å²) in [5.74, 6) is 1.09. The number of nitrogens with zero attached hydrogens (tertiary/aromatic N) is 1. The van der Waals surface area contributed by atoms with Gasteiger partial charge < -0.3 is 4.74 Å². The molecule has 0 saturated heterocycles. The smallest absolute Gasteiger partial charge is 0.289 e. The minimum atomic E-state index is 0.353. The van der Waals surface area contributed by atoms with Crippen molar-refractivity contribution in [1.82, 2.24) is 0 Å². The van der Waals surface area contributed by atoms with Gasteiger partial charge in [-0.1, -0.05) is 42.5 Å². The van der Waals surface area contributed by atoms with Crippen molar-refractivity contribution in [3.8, 4) is 34.2 Å². The van der Waals surface area contributed by atoms with Gasteiger partial charge in [0.15, 0.2) is 0 Å². The number of rotatable bonds is 3. The Kier molecular flexibility index (Phi) is 3.94. The Morgan fingerprint density at radius 2 is 1.74 bits per heavy atom. The minimum absolute atomic E-state index is 0.353. The highest BCUT2D eigenvalue weighted by atomic mass is 16.5. The summed E-state index contributed by atoms with van der Waals surface area (Å²) in [5.41, 5.74) is 10.0. The number of nitrogen functional groups attached to an aromatic ring is 1. The number of hydrogen-bond donors (Lipinski definition) is 1. The second-order valence-corrected chi connectivity index (χ2v) is 5.10. The van der Waals surface area contributed by atoms with Crippen molar-refractivity contribution in [3.05, 3.63) is 66.2 Å². The topological polar surface area (TPSA) is 73.2 Å². The average Bonchev–Trinajstić information content (AvgIpc) is 2.61. The summed E-state index contributed by atoms with van der Waals surface area (Å²) in [6, 6.07) is 21.6. The predicted octanol–water partition coefficient (Wildman–Crippen LogP) is 3.30. The van der Waals surface area contributed by atoms with E-state index in [0.717, 1.165) is 28.1 Å². The molecular weight excluding hydrogens is 286 g/mol. The van der Waals surface area contributed by atoms with Gasteiger partial charge in [0.2, 0.25) is 0 Å². The number of ether oxygens (including phenoxy) is 1. The SMILES string of the molecule is COc1cccc(-c2cc(-c3ccccc3)[nH+]c(N)c2C#N)c1. The van der Waals surface area contributed by atoms with Crippen molar-refractivity contribution in [2.45, 2.75) is 0 Å². The normalized spacial score (nSPS) is 10.1. The molecule has 4 heteroatoms. The molecule has 2 aromatic carbocycles. The molecule has 1 aromatic heterocycles. The van der Waals surface area contributed by atoms with E-state index in [1.54, 1.807) is 7.11 Å². The lowest BCUT2D eigenvalue weighted by Crippen LogP contribution is -2.16. The fourth-order valence-corrected chi connectivity index (χ4v) is 2.52. The molecule has 0 aliphatic carbocycles. The molecule has 0 radical (unpaired) electrons. The van der Waals surface area contributed by atoms with Gasteiger partial charge in [-0.15, -0.1) is 0 Å². The molecule has 3 aromatic rings. The van der Waals surface area contributed by atoms with E-state index < -0.39 is 0 Å². The summed E-state index contributed by atoms with van der Waals surface area (Å²) >= 11 is 0. The second-order valence-electron chi connectivity index (χ2n) is 5.10. The van der Waals surface area contributed by atoms with Crippen molar-refractivity contribution in [2.75, 3.05) is 12.8 Å². The van der Waals surface area contributed by atoms with Crippen LogP contribution in [-0.2, 0) is 0 Å². The van der Waals surface area contributed by atoms with E-state index >= 15 is 0 Å². The summed E-state index contributed by atoms with van der Waals surface area (Å²) in [4.78, 5) is 3.11. The van der Waals surface area contributed by atoms with Crippen molar-refractivity contribution >= 4 is 5.82 Å². The van der Waals surface area contributed by atoms with Gasteiger partial charge in [0, 0.05) is 11.1 Å². The molecule has 0 bridgehead atoms. The highest BCUT2D eigenvalue weighted by Crippen LogP contribution is 2.30. The molecule has 3 rings (SSSR count). The standard InChI is InChI=1S/C19H15N3O/c1-23-15-9-5-8-14(10-15)16-11-18(13-6-3-2-4-7-13)22-19(21)17(16)12-20/h2-11H,1H3,(H2,21,22)/p+1. The Bertz CT molecular complexity index is 883. The van der Waals surface area contributed by atoms with Gasteiger partial charge in [-0.3, -0.25) is 5.73 Å². The first kappa shape index (κ1) is 14.6. The van der Waals surface area contributed by atoms with Gasteiger partial charge in [0.1, 0.15) is 23.1 Å². The Labute approximate surface area is 134 Å². The lowest BCUT2D eigenvalue weighted by atomic mass is 9.98. The fraction of sp³-hybridized carbons (Fsp3) is 0.0526. The van der Waals surface area contributed by atoms with Gasteiger partial charge in [-0.05, 0) is 23.8 Å². The Morgan fingerprint density at radius 3 is 2.43 bits per heavy atom. The molecule has 0 spiro atoms. The van der Waals surface area contributed by atoms with Crippen molar-refractivity contribution in [3.63, 3.8) is 0 Å². The number of aromatic nitrogens is 1. The Hall–Kier alpha value is -3.32. The molecule has 0 saturated carbocycles. The van der Waals surface area contributed by atoms with Gasteiger partial charge in [-0.2, -0.15) is 5.26 Å². The number of nitrogens with one attached hydrogen (secondary N) is 1. The maximum Gasteiger partial charge on any atom is 0.289 e. The second kappa shape index (κ2) is 6.20. The maximum absolute atomic E-state index is 9.47. The van der Waals surface area contributed by atoms with Gasteiger partial charge >= 0.3 is 0 Å². The van der Waals surface area contributed by atoms with Gasteiger partial charge in [-0.25, -0.2) is 4.98 Å². The number of nitrogens with two attached hydrogens (primary N) is 1. The van der Waals surface area contributed by atoms with E-state index in [4.69, 9.17) is 10.5 Å². The molecule has 0 aliphatic heterocycles. The fourth-order valence-electron chi connectivity index (χ4n) is 2.52. The van der Waals surface area contributed by atoms with E-state index in [9.17, 15) is 5.26 Å². The number of nitriles is 1. The first-order valence-corrected chi connectivity index (χ1v) is 7.18. The summed E-state index contributed by atoms with van der Waals surface area (Å²) in [5, 5.41) is 9.47. The van der Waals surface area contributed by atoms with Crippen LogP contribution in [0.4, 0.5) is 5.82 Å². The molecule has 0 fully saturated rings. The van der Waals surface area contributed by atoms with E-state index in [1.165, 1.54) is 0 Å². The molecule has 1 heterocycles. The largest absolute Gasteiger partial charge is 0.497 e. The van der Waals surface area contributed by atoms with Gasteiger partial charge in [0.25, 0.3) is 5.82 Å². The molecule has 0 atom stereocenters. The molecule has 0 unspecified atom stereocenters. The number of pyridine rings is 1. The zero-order valence-corrected chi connectivity index (χ0v) is 12.7. The highest BCUT2D eigenvalue weighted by Gasteiger charge is 2.17. The van der Waals surface area contributed by atoms with Crippen LogP contribution in [-0.4, -0.2) is 7.11 Å². The minimum Gasteiger partial charge on any atom is -0.497 e. The number of anilines is 1. The monoisotopic (exact) mass is 302 g/mol. The lowest BCUT2D eigenvalue weighted by molar-refractivity contribution is -0.346. The van der Waals surface area contributed by atoms with E-state index in [1.807, 2.05) is 60.7 Å². The van der Waals surface area contributed by atoms with Crippen LogP contribution in [0.25, 0.3) is 22.4 Å². The number of methoxy groups -OCH3 is 1. The Morgan fingerprint density at radius 1 is 1.00 bits per heavy atom. The summed E-state index contributed by atoms with van der Waals surface area (Å²) < 4.78 is 5.27. The maximum atomic E-state index is 9.47. The summed E-state index contributed by atoms with van der Waals surface area (Å²) in [6.07, 6.45) is 0. The number of hydrogen-bond acceptors (Lipinski definition) is 3. The molecular formula is C19H16N3O+. The third-order valence-electron chi connectivity index (χ3n) is 3.67. The quantitative estimate of drug-likeness (QED) is 0.806. The van der Waals surface area contributed by atoms with Crippen LogP contribution in [0.15, 0.2) is 60.7 Å². The zero-order valence-electron chi connectivity index (χ0n) is 12.7. The van der Waals surface area contributed by atoms with Crippen molar-refractivity contribution < 1.29 is 9.72 Å². The molecule has 3 N–H and O–H groups in total. The average molecular weight is 302 g/mol. The number of aromatic amines is 1. The van der Waals surface area contributed by atoms with Crippen molar-refractivity contribution in [1.29, 1.82) is 5.26 Å².